The van der Waals surface area contributed by atoms with Gasteiger partial charge < -0.3 is 5.73 Å². The molecule has 2 N–H and O–H groups in total. The maximum atomic E-state index is 5.83. The summed E-state index contributed by atoms with van der Waals surface area (Å²) in [7, 11) is 1.88. The first-order chi connectivity index (χ1) is 8.29. The van der Waals surface area contributed by atoms with Gasteiger partial charge in [0.25, 0.3) is 0 Å². The Morgan fingerprint density at radius 3 is 2.65 bits per heavy atom. The number of nitrogens with zero attached hydrogens (tertiary/aromatic N) is 3. The van der Waals surface area contributed by atoms with Gasteiger partial charge in [0.2, 0.25) is 0 Å². The van der Waals surface area contributed by atoms with Crippen LogP contribution in [0.25, 0.3) is 0 Å². The van der Waals surface area contributed by atoms with E-state index in [1.165, 1.54) is 5.56 Å². The molecule has 1 atom stereocenters. The van der Waals surface area contributed by atoms with Gasteiger partial charge in [-0.2, -0.15) is 0 Å². The molecule has 0 aliphatic heterocycles. The molecule has 0 saturated heterocycles. The highest BCUT2D eigenvalue weighted by Crippen LogP contribution is 2.19. The van der Waals surface area contributed by atoms with Crippen molar-refractivity contribution in [3.63, 3.8) is 0 Å². The van der Waals surface area contributed by atoms with Crippen LogP contribution in [0.3, 0.4) is 0 Å². The van der Waals surface area contributed by atoms with Crippen molar-refractivity contribution in [1.29, 1.82) is 0 Å². The molecule has 0 aliphatic carbocycles. The summed E-state index contributed by atoms with van der Waals surface area (Å²) >= 11 is 0. The highest BCUT2D eigenvalue weighted by Gasteiger charge is 2.10. The Hall–Kier alpha value is -1.68. The van der Waals surface area contributed by atoms with Crippen LogP contribution in [0.5, 0.6) is 0 Å². The SMILES string of the molecule is Cn1cc(CCC(CN)c2ccccc2)nn1. The maximum absolute atomic E-state index is 5.83. The lowest BCUT2D eigenvalue weighted by Crippen LogP contribution is -2.13. The van der Waals surface area contributed by atoms with Crippen LogP contribution in [0.1, 0.15) is 23.6 Å². The fraction of sp³-hybridized carbons (Fsp3) is 0.385. The zero-order chi connectivity index (χ0) is 12.1. The summed E-state index contributed by atoms with van der Waals surface area (Å²) in [5.74, 6) is 0.401. The lowest BCUT2D eigenvalue weighted by Gasteiger charge is -2.13. The van der Waals surface area contributed by atoms with Gasteiger partial charge in [-0.1, -0.05) is 35.5 Å². The van der Waals surface area contributed by atoms with E-state index < -0.39 is 0 Å². The molecule has 2 rings (SSSR count). The van der Waals surface area contributed by atoms with E-state index in [-0.39, 0.29) is 0 Å². The van der Waals surface area contributed by atoms with Crippen molar-refractivity contribution in [3.05, 3.63) is 47.8 Å². The van der Waals surface area contributed by atoms with Gasteiger partial charge >= 0.3 is 0 Å². The van der Waals surface area contributed by atoms with Crippen LogP contribution in [0.15, 0.2) is 36.5 Å². The number of hydrogen-bond acceptors (Lipinski definition) is 3. The average Bonchev–Trinajstić information content (AvgIpc) is 2.77. The number of benzene rings is 1. The maximum Gasteiger partial charge on any atom is 0.0827 e. The van der Waals surface area contributed by atoms with Crippen molar-refractivity contribution in [2.75, 3.05) is 6.54 Å². The van der Waals surface area contributed by atoms with Gasteiger partial charge in [-0.05, 0) is 30.9 Å². The van der Waals surface area contributed by atoms with E-state index in [2.05, 4.69) is 34.6 Å². The quantitative estimate of drug-likeness (QED) is 0.846. The standard InChI is InChI=1S/C13H18N4/c1-17-10-13(15-16-17)8-7-12(9-14)11-5-3-2-4-6-11/h2-6,10,12H,7-9,14H2,1H3. The molecular formula is C13H18N4. The van der Waals surface area contributed by atoms with E-state index >= 15 is 0 Å². The number of aromatic nitrogens is 3. The first-order valence-corrected chi connectivity index (χ1v) is 5.90. The second-order valence-corrected chi connectivity index (χ2v) is 4.27. The van der Waals surface area contributed by atoms with Gasteiger partial charge in [-0.15, -0.1) is 5.10 Å². The summed E-state index contributed by atoms with van der Waals surface area (Å²) in [4.78, 5) is 0. The molecule has 0 fully saturated rings. The normalized spacial score (nSPS) is 12.6. The third kappa shape index (κ3) is 3.14. The molecule has 4 heteroatoms. The zero-order valence-corrected chi connectivity index (χ0v) is 10.1. The van der Waals surface area contributed by atoms with E-state index in [1.807, 2.05) is 19.3 Å². The number of rotatable bonds is 5. The van der Waals surface area contributed by atoms with Crippen LogP contribution in [-0.2, 0) is 13.5 Å². The van der Waals surface area contributed by atoms with Gasteiger partial charge in [0.05, 0.1) is 5.69 Å². The third-order valence-electron chi connectivity index (χ3n) is 2.95. The summed E-state index contributed by atoms with van der Waals surface area (Å²) in [6.45, 7) is 0.671. The first kappa shape index (κ1) is 11.8. The van der Waals surface area contributed by atoms with E-state index in [1.54, 1.807) is 4.68 Å². The minimum absolute atomic E-state index is 0.401. The molecule has 1 aromatic heterocycles. The summed E-state index contributed by atoms with van der Waals surface area (Å²) < 4.78 is 1.73. The summed E-state index contributed by atoms with van der Waals surface area (Å²) in [6, 6.07) is 10.4. The van der Waals surface area contributed by atoms with Gasteiger partial charge in [0, 0.05) is 13.2 Å². The molecule has 1 aromatic carbocycles. The van der Waals surface area contributed by atoms with Gasteiger partial charge in [-0.25, -0.2) is 0 Å². The van der Waals surface area contributed by atoms with Gasteiger partial charge in [-0.3, -0.25) is 4.68 Å². The van der Waals surface area contributed by atoms with Gasteiger partial charge in [0.1, 0.15) is 0 Å². The van der Waals surface area contributed by atoms with Crippen LogP contribution < -0.4 is 5.73 Å². The molecule has 17 heavy (non-hydrogen) atoms. The summed E-state index contributed by atoms with van der Waals surface area (Å²) in [6.07, 6.45) is 3.89. The van der Waals surface area contributed by atoms with E-state index in [0.29, 0.717) is 12.5 Å². The van der Waals surface area contributed by atoms with Crippen LogP contribution in [0.2, 0.25) is 0 Å². The molecule has 0 bridgehead atoms. The van der Waals surface area contributed by atoms with Crippen LogP contribution in [0.4, 0.5) is 0 Å². The second-order valence-electron chi connectivity index (χ2n) is 4.27. The summed E-state index contributed by atoms with van der Waals surface area (Å²) in [5.41, 5.74) is 8.17. The molecule has 2 aromatic rings. The first-order valence-electron chi connectivity index (χ1n) is 5.90. The molecule has 0 amide bonds. The molecule has 0 aliphatic rings. The third-order valence-corrected chi connectivity index (χ3v) is 2.95. The van der Waals surface area contributed by atoms with Crippen molar-refractivity contribution < 1.29 is 0 Å². The largest absolute Gasteiger partial charge is 0.330 e. The Morgan fingerprint density at radius 2 is 2.06 bits per heavy atom. The molecule has 4 nitrogen and oxygen atoms in total. The molecule has 0 radical (unpaired) electrons. The predicted molar refractivity (Wildman–Crippen MR) is 67.6 cm³/mol. The second kappa shape index (κ2) is 5.59. The highest BCUT2D eigenvalue weighted by molar-refractivity contribution is 5.20. The predicted octanol–water partition coefficient (Wildman–Crippen LogP) is 1.49. The van der Waals surface area contributed by atoms with Crippen molar-refractivity contribution >= 4 is 0 Å². The van der Waals surface area contributed by atoms with Crippen molar-refractivity contribution in [2.45, 2.75) is 18.8 Å². The molecule has 0 spiro atoms. The molecular weight excluding hydrogens is 212 g/mol. The molecule has 90 valence electrons. The summed E-state index contributed by atoms with van der Waals surface area (Å²) in [5, 5.41) is 8.02. The van der Waals surface area contributed by atoms with Crippen LogP contribution in [0, 0.1) is 0 Å². The Bertz CT molecular complexity index is 449. The topological polar surface area (TPSA) is 56.7 Å². The molecule has 0 saturated carbocycles. The Balaban J connectivity index is 1.97. The molecule has 1 heterocycles. The lowest BCUT2D eigenvalue weighted by atomic mass is 9.94. The van der Waals surface area contributed by atoms with Crippen LogP contribution in [-0.4, -0.2) is 21.5 Å². The number of hydrogen-bond donors (Lipinski definition) is 1. The fourth-order valence-corrected chi connectivity index (χ4v) is 1.98. The Morgan fingerprint density at radius 1 is 1.29 bits per heavy atom. The minimum Gasteiger partial charge on any atom is -0.330 e. The van der Waals surface area contributed by atoms with Crippen molar-refractivity contribution in [1.82, 2.24) is 15.0 Å². The minimum atomic E-state index is 0.401. The van der Waals surface area contributed by atoms with Crippen LogP contribution >= 0.6 is 0 Å². The average molecular weight is 230 g/mol. The zero-order valence-electron chi connectivity index (χ0n) is 10.1. The van der Waals surface area contributed by atoms with E-state index in [0.717, 1.165) is 18.5 Å². The number of nitrogens with two attached hydrogens (primary N) is 1. The van der Waals surface area contributed by atoms with Crippen molar-refractivity contribution in [3.8, 4) is 0 Å². The lowest BCUT2D eigenvalue weighted by molar-refractivity contribution is 0.626. The Kier molecular flexibility index (Phi) is 3.88. The Labute approximate surface area is 101 Å². The number of aryl methyl sites for hydroxylation is 2. The fourth-order valence-electron chi connectivity index (χ4n) is 1.98. The molecule has 1 unspecified atom stereocenters. The highest BCUT2D eigenvalue weighted by atomic mass is 15.4. The van der Waals surface area contributed by atoms with Crippen molar-refractivity contribution in [2.24, 2.45) is 12.8 Å². The van der Waals surface area contributed by atoms with E-state index in [4.69, 9.17) is 5.73 Å². The monoisotopic (exact) mass is 230 g/mol. The van der Waals surface area contributed by atoms with Gasteiger partial charge in [0.15, 0.2) is 0 Å². The smallest absolute Gasteiger partial charge is 0.0827 e. The van der Waals surface area contributed by atoms with E-state index in [9.17, 15) is 0 Å².